The van der Waals surface area contributed by atoms with Crippen molar-refractivity contribution in [3.63, 3.8) is 0 Å². The predicted molar refractivity (Wildman–Crippen MR) is 97.7 cm³/mol. The van der Waals surface area contributed by atoms with Crippen LogP contribution in [0.2, 0.25) is 0 Å². The number of anilines is 2. The number of benzene rings is 1. The third-order valence-electron chi connectivity index (χ3n) is 4.36. The van der Waals surface area contributed by atoms with Gasteiger partial charge in [0.05, 0.1) is 15.8 Å². The zero-order valence-corrected chi connectivity index (χ0v) is 14.3. The van der Waals surface area contributed by atoms with Crippen LogP contribution in [0.15, 0.2) is 36.5 Å². The van der Waals surface area contributed by atoms with Crippen molar-refractivity contribution in [1.29, 1.82) is 5.26 Å². The lowest BCUT2D eigenvalue weighted by atomic mass is 10.2. The van der Waals surface area contributed by atoms with E-state index in [0.29, 0.717) is 5.56 Å². The van der Waals surface area contributed by atoms with E-state index in [9.17, 15) is 0 Å². The minimum absolute atomic E-state index is 0.599. The second-order valence-electron chi connectivity index (χ2n) is 5.91. The summed E-state index contributed by atoms with van der Waals surface area (Å²) >= 11 is 1.76. The maximum absolute atomic E-state index is 8.86. The van der Waals surface area contributed by atoms with Gasteiger partial charge in [0.1, 0.15) is 11.9 Å². The Labute approximate surface area is 144 Å². The maximum Gasteiger partial charge on any atom is 0.186 e. The Morgan fingerprint density at radius 1 is 1.08 bits per heavy atom. The highest BCUT2D eigenvalue weighted by atomic mass is 32.1. The van der Waals surface area contributed by atoms with Gasteiger partial charge in [-0.25, -0.2) is 9.97 Å². The normalized spacial score (nSPS) is 14.8. The van der Waals surface area contributed by atoms with E-state index < -0.39 is 0 Å². The van der Waals surface area contributed by atoms with E-state index in [1.165, 1.54) is 10.3 Å². The summed E-state index contributed by atoms with van der Waals surface area (Å²) in [7, 11) is 0. The Kier molecular flexibility index (Phi) is 3.79. The van der Waals surface area contributed by atoms with Crippen LogP contribution >= 0.6 is 11.3 Å². The monoisotopic (exact) mass is 335 g/mol. The predicted octanol–water partition coefficient (Wildman–Crippen LogP) is 3.20. The zero-order chi connectivity index (χ0) is 16.5. The molecule has 0 bridgehead atoms. The van der Waals surface area contributed by atoms with Crippen LogP contribution in [-0.4, -0.2) is 36.1 Å². The van der Waals surface area contributed by atoms with E-state index in [0.717, 1.165) is 42.6 Å². The summed E-state index contributed by atoms with van der Waals surface area (Å²) in [6.45, 7) is 5.79. The first-order valence-electron chi connectivity index (χ1n) is 7.97. The number of pyridine rings is 1. The summed E-state index contributed by atoms with van der Waals surface area (Å²) in [6, 6.07) is 12.2. The maximum atomic E-state index is 8.86. The topological polar surface area (TPSA) is 56.0 Å². The molecule has 3 aromatic rings. The van der Waals surface area contributed by atoms with Gasteiger partial charge in [-0.1, -0.05) is 23.5 Å². The molecule has 5 nitrogen and oxygen atoms in total. The van der Waals surface area contributed by atoms with Gasteiger partial charge in [-0.05, 0) is 30.7 Å². The summed E-state index contributed by atoms with van der Waals surface area (Å²) in [5, 5.41) is 9.97. The highest BCUT2D eigenvalue weighted by molar-refractivity contribution is 7.22. The minimum atomic E-state index is 0.599. The van der Waals surface area contributed by atoms with Crippen LogP contribution in [-0.2, 0) is 0 Å². The molecule has 2 aromatic heterocycles. The van der Waals surface area contributed by atoms with Crippen molar-refractivity contribution in [2.75, 3.05) is 36.0 Å². The van der Waals surface area contributed by atoms with Crippen LogP contribution in [0.1, 0.15) is 11.1 Å². The van der Waals surface area contributed by atoms with Crippen LogP contribution in [0.3, 0.4) is 0 Å². The molecule has 0 amide bonds. The third kappa shape index (κ3) is 2.68. The molecule has 1 fully saturated rings. The van der Waals surface area contributed by atoms with Crippen molar-refractivity contribution >= 4 is 32.5 Å². The largest absolute Gasteiger partial charge is 0.353 e. The van der Waals surface area contributed by atoms with E-state index in [1.807, 2.05) is 12.1 Å². The molecule has 120 valence electrons. The Hall–Kier alpha value is -2.65. The average molecular weight is 335 g/mol. The van der Waals surface area contributed by atoms with Crippen LogP contribution in [0.25, 0.3) is 10.2 Å². The van der Waals surface area contributed by atoms with Crippen LogP contribution < -0.4 is 9.80 Å². The summed E-state index contributed by atoms with van der Waals surface area (Å²) in [5.41, 5.74) is 2.95. The molecule has 0 N–H and O–H groups in total. The van der Waals surface area contributed by atoms with E-state index in [1.54, 1.807) is 17.5 Å². The molecule has 0 spiro atoms. The van der Waals surface area contributed by atoms with Gasteiger partial charge < -0.3 is 9.80 Å². The van der Waals surface area contributed by atoms with Gasteiger partial charge in [0.25, 0.3) is 0 Å². The minimum Gasteiger partial charge on any atom is -0.353 e. The first kappa shape index (κ1) is 14.9. The molecule has 3 heterocycles. The molecule has 0 saturated carbocycles. The summed E-state index contributed by atoms with van der Waals surface area (Å²) in [6.07, 6.45) is 1.64. The number of hydrogen-bond donors (Lipinski definition) is 0. The fourth-order valence-corrected chi connectivity index (χ4v) is 4.07. The fourth-order valence-electron chi connectivity index (χ4n) is 2.98. The number of piperazine rings is 1. The molecule has 1 aliphatic heterocycles. The number of aryl methyl sites for hydroxylation is 1. The van der Waals surface area contributed by atoms with Crippen molar-refractivity contribution in [1.82, 2.24) is 9.97 Å². The standard InChI is InChI=1S/C18H17N5S/c1-13-3-2-4-15-17(13)21-18(24-15)23-9-7-22(8-10-23)16-6-5-14(11-19)12-20-16/h2-6,12H,7-10H2,1H3. The van der Waals surface area contributed by atoms with Crippen molar-refractivity contribution < 1.29 is 0 Å². The average Bonchev–Trinajstić information content (AvgIpc) is 3.08. The fraction of sp³-hybridized carbons (Fsp3) is 0.278. The van der Waals surface area contributed by atoms with Gasteiger partial charge in [-0.2, -0.15) is 5.26 Å². The first-order chi connectivity index (χ1) is 11.7. The summed E-state index contributed by atoms with van der Waals surface area (Å²) in [4.78, 5) is 13.8. The van der Waals surface area contributed by atoms with Crippen molar-refractivity contribution in [3.8, 4) is 6.07 Å². The Morgan fingerprint density at radius 2 is 1.88 bits per heavy atom. The second kappa shape index (κ2) is 6.10. The van der Waals surface area contributed by atoms with Crippen molar-refractivity contribution in [2.45, 2.75) is 6.92 Å². The lowest BCUT2D eigenvalue weighted by Crippen LogP contribution is -2.46. The van der Waals surface area contributed by atoms with E-state index in [4.69, 9.17) is 10.2 Å². The van der Waals surface area contributed by atoms with E-state index in [-0.39, 0.29) is 0 Å². The van der Waals surface area contributed by atoms with Crippen LogP contribution in [0.4, 0.5) is 10.9 Å². The number of nitriles is 1. The van der Waals surface area contributed by atoms with Gasteiger partial charge in [-0.15, -0.1) is 0 Å². The number of para-hydroxylation sites is 1. The van der Waals surface area contributed by atoms with Crippen molar-refractivity contribution in [2.24, 2.45) is 0 Å². The number of hydrogen-bond acceptors (Lipinski definition) is 6. The smallest absolute Gasteiger partial charge is 0.186 e. The molecule has 0 aliphatic carbocycles. The molecule has 4 rings (SSSR count). The molecule has 0 unspecified atom stereocenters. The van der Waals surface area contributed by atoms with Gasteiger partial charge in [-0.3, -0.25) is 0 Å². The molecule has 6 heteroatoms. The molecule has 0 atom stereocenters. The number of aromatic nitrogens is 2. The first-order valence-corrected chi connectivity index (χ1v) is 8.78. The highest BCUT2D eigenvalue weighted by Gasteiger charge is 2.21. The third-order valence-corrected chi connectivity index (χ3v) is 5.44. The van der Waals surface area contributed by atoms with Gasteiger partial charge in [0.2, 0.25) is 0 Å². The van der Waals surface area contributed by atoms with E-state index in [2.05, 4.69) is 46.0 Å². The van der Waals surface area contributed by atoms with Gasteiger partial charge >= 0.3 is 0 Å². The summed E-state index contributed by atoms with van der Waals surface area (Å²) < 4.78 is 1.25. The van der Waals surface area contributed by atoms with Gasteiger partial charge in [0.15, 0.2) is 5.13 Å². The number of nitrogens with zero attached hydrogens (tertiary/aromatic N) is 5. The lowest BCUT2D eigenvalue weighted by molar-refractivity contribution is 0.646. The molecule has 24 heavy (non-hydrogen) atoms. The number of thiazole rings is 1. The van der Waals surface area contributed by atoms with E-state index >= 15 is 0 Å². The van der Waals surface area contributed by atoms with Gasteiger partial charge in [0, 0.05) is 32.4 Å². The van der Waals surface area contributed by atoms with Crippen LogP contribution in [0, 0.1) is 18.3 Å². The summed E-state index contributed by atoms with van der Waals surface area (Å²) in [5.74, 6) is 0.939. The highest BCUT2D eigenvalue weighted by Crippen LogP contribution is 2.31. The molecule has 1 aromatic carbocycles. The molecular formula is C18H17N5S. The van der Waals surface area contributed by atoms with Crippen LogP contribution in [0.5, 0.6) is 0 Å². The molecule has 1 aliphatic rings. The quantitative estimate of drug-likeness (QED) is 0.720. The molecular weight excluding hydrogens is 318 g/mol. The number of fused-ring (bicyclic) bond motifs is 1. The zero-order valence-electron chi connectivity index (χ0n) is 13.4. The Bertz CT molecular complexity index is 901. The molecule has 1 saturated heterocycles. The van der Waals surface area contributed by atoms with Crippen molar-refractivity contribution in [3.05, 3.63) is 47.7 Å². The molecule has 0 radical (unpaired) electrons. The SMILES string of the molecule is Cc1cccc2sc(N3CCN(c4ccc(C#N)cn4)CC3)nc12. The number of rotatable bonds is 2. The Morgan fingerprint density at radius 3 is 2.54 bits per heavy atom. The Balaban J connectivity index is 1.48. The second-order valence-corrected chi connectivity index (χ2v) is 6.92. The lowest BCUT2D eigenvalue weighted by Gasteiger charge is -2.35.